The second-order valence-corrected chi connectivity index (χ2v) is 14.5. The molecule has 1 saturated heterocycles. The van der Waals surface area contributed by atoms with Crippen LogP contribution in [0.3, 0.4) is 0 Å². The molecule has 6 nitrogen and oxygen atoms in total. The largest absolute Gasteiger partial charge is 0.483 e. The van der Waals surface area contributed by atoms with Crippen LogP contribution >= 0.6 is 0 Å². The van der Waals surface area contributed by atoms with Gasteiger partial charge in [-0.3, -0.25) is 14.6 Å². The lowest BCUT2D eigenvalue weighted by molar-refractivity contribution is -0.202. The van der Waals surface area contributed by atoms with Gasteiger partial charge in [-0.25, -0.2) is 0 Å². The van der Waals surface area contributed by atoms with Crippen LogP contribution in [0.25, 0.3) is 0 Å². The van der Waals surface area contributed by atoms with E-state index in [-0.39, 0.29) is 24.2 Å². The van der Waals surface area contributed by atoms with E-state index in [1.165, 1.54) is 56.6 Å². The van der Waals surface area contributed by atoms with E-state index in [1.54, 1.807) is 0 Å². The molecule has 0 unspecified atom stereocenters. The van der Waals surface area contributed by atoms with Crippen molar-refractivity contribution < 1.29 is 19.4 Å². The van der Waals surface area contributed by atoms with Gasteiger partial charge in [-0.15, -0.1) is 0 Å². The summed E-state index contributed by atoms with van der Waals surface area (Å²) in [5.41, 5.74) is 2.55. The minimum atomic E-state index is -0.839. The van der Waals surface area contributed by atoms with Crippen LogP contribution in [0, 0.1) is 5.92 Å². The molecule has 1 spiro atoms. The van der Waals surface area contributed by atoms with Gasteiger partial charge in [0.1, 0.15) is 6.10 Å². The van der Waals surface area contributed by atoms with Crippen molar-refractivity contribution >= 4 is 5.97 Å². The van der Waals surface area contributed by atoms with E-state index in [9.17, 15) is 9.90 Å². The monoisotopic (exact) mass is 586 g/mol. The van der Waals surface area contributed by atoms with Gasteiger partial charge in [0, 0.05) is 37.2 Å². The summed E-state index contributed by atoms with van der Waals surface area (Å²) in [5, 5.41) is 12.9. The second kappa shape index (κ2) is 11.5. The normalized spacial score (nSPS) is 30.8. The molecule has 232 valence electrons. The predicted molar refractivity (Wildman–Crippen MR) is 169 cm³/mol. The lowest BCUT2D eigenvalue weighted by Gasteiger charge is -2.65. The number of piperidine rings is 1. The maximum atomic E-state index is 12.9. The number of unbranched alkanes of at least 4 members (excludes halogenated alkanes) is 3. The maximum absolute atomic E-state index is 12.9. The highest BCUT2D eigenvalue weighted by Gasteiger charge is 2.73. The fraction of sp³-hybridized carbons (Fsp3) is 0.649. The summed E-state index contributed by atoms with van der Waals surface area (Å²) >= 11 is 0. The Morgan fingerprint density at radius 1 is 1.07 bits per heavy atom. The summed E-state index contributed by atoms with van der Waals surface area (Å²) in [5.74, 6) is 1.70. The number of rotatable bonds is 12. The van der Waals surface area contributed by atoms with Gasteiger partial charge in [0.05, 0.1) is 11.0 Å². The average Bonchev–Trinajstić information content (AvgIpc) is 3.73. The minimum Gasteiger partial charge on any atom is -0.483 e. The molecule has 1 N–H and O–H groups in total. The van der Waals surface area contributed by atoms with Crippen LogP contribution in [-0.2, 0) is 23.1 Å². The van der Waals surface area contributed by atoms with Crippen LogP contribution in [-0.4, -0.2) is 70.3 Å². The van der Waals surface area contributed by atoms with Gasteiger partial charge in [0.2, 0.25) is 0 Å². The average molecular weight is 587 g/mol. The van der Waals surface area contributed by atoms with E-state index in [0.717, 1.165) is 69.0 Å². The quantitative estimate of drug-likeness (QED) is 0.185. The first-order valence-electron chi connectivity index (χ1n) is 17.1. The van der Waals surface area contributed by atoms with Gasteiger partial charge in [-0.2, -0.15) is 0 Å². The molecule has 2 heterocycles. The number of esters is 1. The lowest BCUT2D eigenvalue weighted by Crippen LogP contribution is -2.78. The third kappa shape index (κ3) is 5.02. The molecule has 3 aliphatic carbocycles. The molecule has 5 aliphatic rings. The maximum Gasteiger partial charge on any atom is 0.308 e. The zero-order valence-electron chi connectivity index (χ0n) is 26.4. The summed E-state index contributed by atoms with van der Waals surface area (Å²) in [4.78, 5) is 17.4. The number of benzene rings is 2. The SMILES string of the molecule is CC(=O)Oc1ccc2c3c1O[C@H]1[C@@H](N(CCCCCCc4ccccc4)C(C)C)CC[C@@]4(O)[C@@H](C2)N(CC2CC2)CC[C@]314. The van der Waals surface area contributed by atoms with Crippen molar-refractivity contribution in [1.82, 2.24) is 9.80 Å². The number of aliphatic hydroxyl groups is 1. The fourth-order valence-corrected chi connectivity index (χ4v) is 9.45. The molecule has 0 radical (unpaired) electrons. The van der Waals surface area contributed by atoms with Gasteiger partial charge < -0.3 is 14.6 Å². The number of aryl methyl sites for hydroxylation is 1. The highest BCUT2D eigenvalue weighted by Crippen LogP contribution is 2.66. The van der Waals surface area contributed by atoms with Crippen molar-refractivity contribution in [1.29, 1.82) is 0 Å². The Balaban J connectivity index is 1.14. The third-order valence-electron chi connectivity index (χ3n) is 11.5. The Bertz CT molecular complexity index is 1330. The number of likely N-dealkylation sites (tertiary alicyclic amines) is 1. The number of carbonyl (C=O) groups is 1. The number of hydrogen-bond acceptors (Lipinski definition) is 6. The first kappa shape index (κ1) is 29.3. The lowest BCUT2D eigenvalue weighted by atomic mass is 9.48. The summed E-state index contributed by atoms with van der Waals surface area (Å²) in [7, 11) is 0. The number of ether oxygens (including phenoxy) is 2. The molecule has 2 aromatic rings. The molecule has 0 amide bonds. The molecular weight excluding hydrogens is 536 g/mol. The molecule has 0 aromatic heterocycles. The van der Waals surface area contributed by atoms with E-state index in [2.05, 4.69) is 60.0 Å². The summed E-state index contributed by atoms with van der Waals surface area (Å²) in [6.45, 7) is 9.22. The van der Waals surface area contributed by atoms with Gasteiger partial charge >= 0.3 is 5.97 Å². The van der Waals surface area contributed by atoms with Crippen molar-refractivity contribution in [2.75, 3.05) is 19.6 Å². The Morgan fingerprint density at radius 3 is 2.60 bits per heavy atom. The number of carbonyl (C=O) groups excluding carboxylic acids is 1. The molecule has 2 aliphatic heterocycles. The Kier molecular flexibility index (Phi) is 7.84. The van der Waals surface area contributed by atoms with E-state index in [0.29, 0.717) is 11.8 Å². The Hall–Kier alpha value is -2.41. The van der Waals surface area contributed by atoms with Crippen LogP contribution in [0.2, 0.25) is 0 Å². The molecule has 2 bridgehead atoms. The van der Waals surface area contributed by atoms with Crippen molar-refractivity contribution in [2.24, 2.45) is 5.92 Å². The number of hydrogen-bond donors (Lipinski definition) is 1. The molecule has 2 saturated carbocycles. The topological polar surface area (TPSA) is 62.2 Å². The van der Waals surface area contributed by atoms with Gasteiger partial charge in [0.15, 0.2) is 11.5 Å². The predicted octanol–water partition coefficient (Wildman–Crippen LogP) is 6.06. The van der Waals surface area contributed by atoms with Gasteiger partial charge in [-0.1, -0.05) is 49.2 Å². The Labute approximate surface area is 257 Å². The van der Waals surface area contributed by atoms with Crippen LogP contribution < -0.4 is 9.47 Å². The highest BCUT2D eigenvalue weighted by molar-refractivity contribution is 5.72. The van der Waals surface area contributed by atoms with Crippen LogP contribution in [0.4, 0.5) is 0 Å². The second-order valence-electron chi connectivity index (χ2n) is 14.5. The standard InChI is InChI=1S/C37H50N2O4/c1-25(2)39(21-10-5-4-7-11-27-12-8-6-9-13-27)30-18-19-37(41)32-23-29-16-17-31(42-26(3)40)34-33(29)36(37,35(30)43-34)20-22-38(32)24-28-14-15-28/h6,8-9,12-13,16-17,25,28,30,32,35,41H,4-5,7,10-11,14-15,18-24H2,1-3H3/t30-,32+,35-,36-,37+/m0/s1. The van der Waals surface area contributed by atoms with Gasteiger partial charge in [-0.05, 0) is 108 Å². The first-order valence-corrected chi connectivity index (χ1v) is 17.1. The minimum absolute atomic E-state index is 0.115. The molecule has 3 fully saturated rings. The van der Waals surface area contributed by atoms with E-state index < -0.39 is 11.0 Å². The summed E-state index contributed by atoms with van der Waals surface area (Å²) in [6, 6.07) is 15.6. The van der Waals surface area contributed by atoms with Crippen LogP contribution in [0.1, 0.15) is 95.2 Å². The first-order chi connectivity index (χ1) is 20.8. The molecule has 43 heavy (non-hydrogen) atoms. The van der Waals surface area contributed by atoms with E-state index >= 15 is 0 Å². The molecule has 6 heteroatoms. The van der Waals surface area contributed by atoms with Crippen molar-refractivity contribution in [3.8, 4) is 11.5 Å². The van der Waals surface area contributed by atoms with Crippen molar-refractivity contribution in [3.63, 3.8) is 0 Å². The zero-order chi connectivity index (χ0) is 29.8. The third-order valence-corrected chi connectivity index (χ3v) is 11.5. The molecule has 5 atom stereocenters. The summed E-state index contributed by atoms with van der Waals surface area (Å²) < 4.78 is 12.8. The number of nitrogens with zero attached hydrogens (tertiary/aromatic N) is 2. The highest BCUT2D eigenvalue weighted by atomic mass is 16.6. The fourth-order valence-electron chi connectivity index (χ4n) is 9.45. The van der Waals surface area contributed by atoms with Crippen LogP contribution in [0.15, 0.2) is 42.5 Å². The molecule has 2 aromatic carbocycles. The van der Waals surface area contributed by atoms with E-state index in [1.807, 2.05) is 6.07 Å². The van der Waals surface area contributed by atoms with Crippen molar-refractivity contribution in [2.45, 2.75) is 127 Å². The van der Waals surface area contributed by atoms with Crippen molar-refractivity contribution in [3.05, 3.63) is 59.2 Å². The van der Waals surface area contributed by atoms with Crippen LogP contribution in [0.5, 0.6) is 11.5 Å². The zero-order valence-corrected chi connectivity index (χ0v) is 26.4. The van der Waals surface area contributed by atoms with Gasteiger partial charge in [0.25, 0.3) is 0 Å². The Morgan fingerprint density at radius 2 is 1.86 bits per heavy atom. The molecular formula is C37H50N2O4. The summed E-state index contributed by atoms with van der Waals surface area (Å²) in [6.07, 6.45) is 12.0. The smallest absolute Gasteiger partial charge is 0.308 e. The van der Waals surface area contributed by atoms with E-state index in [4.69, 9.17) is 9.47 Å². The molecule has 7 rings (SSSR count).